The molecule has 26 heavy (non-hydrogen) atoms. The zero-order chi connectivity index (χ0) is 18.3. The van der Waals surface area contributed by atoms with Gasteiger partial charge in [-0.2, -0.15) is 0 Å². The molecule has 11 nitrogen and oxygen atoms in total. The maximum atomic E-state index is 11.1. The topological polar surface area (TPSA) is 172 Å². The molecule has 0 aromatic rings. The number of aliphatic hydroxyl groups excluding tert-OH is 4. The molecule has 1 amide bonds. The quantitative estimate of drug-likeness (QED) is 0.181. The van der Waals surface area contributed by atoms with Crippen molar-refractivity contribution in [2.45, 2.75) is 48.6 Å². The van der Waals surface area contributed by atoms with E-state index in [2.05, 4.69) is 14.9 Å². The van der Waals surface area contributed by atoms with Gasteiger partial charge in [-0.15, -0.1) is 0 Å². The number of amides is 1. The number of hydrazine groups is 1. The molecule has 0 bridgehead atoms. The first kappa shape index (κ1) is 45.1. The normalized spacial score (nSPS) is 9.15. The van der Waals surface area contributed by atoms with Gasteiger partial charge >= 0.3 is 0 Å². The van der Waals surface area contributed by atoms with Crippen molar-refractivity contribution in [2.24, 2.45) is 5.41 Å². The van der Waals surface area contributed by atoms with Crippen LogP contribution in [0.1, 0.15) is 37.1 Å². The van der Waals surface area contributed by atoms with E-state index >= 15 is 0 Å². The van der Waals surface area contributed by atoms with Crippen LogP contribution in [0.2, 0.25) is 0 Å². The first-order valence-electron chi connectivity index (χ1n) is 6.04. The number of ether oxygens (including phenoxy) is 2. The van der Waals surface area contributed by atoms with Gasteiger partial charge < -0.3 is 40.1 Å². The van der Waals surface area contributed by atoms with Gasteiger partial charge in [0.15, 0.2) is 0 Å². The van der Waals surface area contributed by atoms with E-state index in [1.54, 1.807) is 19.1 Å². The molecule has 0 rings (SSSR count). The summed E-state index contributed by atoms with van der Waals surface area (Å²) in [6, 6.07) is 0. The fourth-order valence-electron chi connectivity index (χ4n) is 0.504. The van der Waals surface area contributed by atoms with Crippen molar-refractivity contribution in [3.05, 3.63) is 0 Å². The molecule has 0 aromatic carbocycles. The van der Waals surface area contributed by atoms with Gasteiger partial charge in [0, 0.05) is 54.5 Å². The van der Waals surface area contributed by atoms with Crippen LogP contribution in [0.5, 0.6) is 0 Å². The second-order valence-corrected chi connectivity index (χ2v) is 4.83. The third-order valence-corrected chi connectivity index (χ3v) is 1.45. The number of aliphatic hydroxyl groups is 6. The van der Waals surface area contributed by atoms with E-state index in [1.807, 2.05) is 20.8 Å². The molecule has 2 radical (unpaired) electrons. The minimum atomic E-state index is -1.85. The molecule has 0 aliphatic rings. The summed E-state index contributed by atoms with van der Waals surface area (Å²) in [5, 5.41) is 47.9. The Morgan fingerprint density at radius 3 is 1.27 bits per heavy atom. The molecule has 0 aliphatic carbocycles. The number of carbonyl (C=O) groups excluding carboxylic acids is 1. The van der Waals surface area contributed by atoms with E-state index in [1.165, 1.54) is 0 Å². The molecule has 13 heteroatoms. The van der Waals surface area contributed by atoms with Crippen molar-refractivity contribution in [3.63, 3.8) is 0 Å². The number of nitrogens with one attached hydrogen (secondary N) is 1. The van der Waals surface area contributed by atoms with Gasteiger partial charge in [0.25, 0.3) is 13.0 Å². The summed E-state index contributed by atoms with van der Waals surface area (Å²) >= 11 is 0. The molecule has 0 fully saturated rings. The zero-order valence-corrected chi connectivity index (χ0v) is 16.2. The first-order valence-corrected chi connectivity index (χ1v) is 6.04. The molecule has 172 valence electrons. The predicted molar refractivity (Wildman–Crippen MR) is 89.7 cm³/mol. The van der Waals surface area contributed by atoms with Crippen molar-refractivity contribution < 1.29 is 79.9 Å². The van der Waals surface area contributed by atoms with Gasteiger partial charge in [-0.05, 0) is 0 Å². The van der Waals surface area contributed by atoms with Crippen LogP contribution >= 0.6 is 0 Å². The largest absolute Gasteiger partial charge is 0.370 e. The van der Waals surface area contributed by atoms with Crippen LogP contribution in [0.25, 0.3) is 0 Å². The summed E-state index contributed by atoms with van der Waals surface area (Å²) in [5.41, 5.74) is 2.38. The number of nitrogens with zero attached hydrogens (tertiary/aromatic N) is 1. The summed E-state index contributed by atoms with van der Waals surface area (Å²) in [6.45, 7) is 0.601. The Hall–Kier alpha value is 0.123. The first-order chi connectivity index (χ1) is 9.88. The van der Waals surface area contributed by atoms with Crippen molar-refractivity contribution in [2.75, 3.05) is 27.7 Å². The van der Waals surface area contributed by atoms with E-state index in [-0.39, 0.29) is 61.2 Å². The second kappa shape index (κ2) is 27.3. The van der Waals surface area contributed by atoms with Gasteiger partial charge in [-0.25, -0.2) is 5.01 Å². The number of hydrogen-bond donors (Lipinski definition) is 7. The smallest absolute Gasteiger partial charge is 0.268 e. The van der Waals surface area contributed by atoms with Gasteiger partial charge in [-0.3, -0.25) is 10.2 Å². The molecule has 0 aliphatic heterocycles. The van der Waals surface area contributed by atoms with Crippen molar-refractivity contribution in [1.29, 1.82) is 0 Å². The van der Waals surface area contributed by atoms with Gasteiger partial charge in [0.2, 0.25) is 5.91 Å². The molecule has 0 heterocycles. The summed E-state index contributed by atoms with van der Waals surface area (Å²) in [5.74, 6) is 0.0394. The van der Waals surface area contributed by atoms with Crippen LogP contribution in [0.4, 0.5) is 0 Å². The Balaban J connectivity index is -0.0000000318. The Labute approximate surface area is 178 Å². The molecule has 7 N–H and O–H groups in total. The molecule has 0 aromatic heterocycles. The standard InChI is InChI=1S/C7H16N2O.2C2H6O4.2CH4.2Co.H2/c1-7(2,3)6(10)8-9(4)5;2*3-1-6-2(4)5;;;;;/h1-5H3,(H,8,10);2*2-5H,1H2;2*1H4;;;1H. The third kappa shape index (κ3) is 49.6. The maximum absolute atomic E-state index is 11.1. The maximum Gasteiger partial charge on any atom is 0.268 e. The Bertz CT molecular complexity index is 263. The molecule has 0 spiro atoms. The fraction of sp³-hybridized carbons (Fsp3) is 0.923. The number of rotatable bonds is 5. The van der Waals surface area contributed by atoms with E-state index in [0.29, 0.717) is 0 Å². The SMILES string of the molecule is C.C.CN(C)NC(=O)C(C)(C)C.OCOC(O)O.OCOC(O)O.[Co].[Co].[HH]. The predicted octanol–water partition coefficient (Wildman–Crippen LogP) is -1.42. The monoisotopic (exact) mass is 484 g/mol. The van der Waals surface area contributed by atoms with Crippen molar-refractivity contribution in [1.82, 2.24) is 10.4 Å². The minimum Gasteiger partial charge on any atom is -0.370 e. The number of hydrogen-bond acceptors (Lipinski definition) is 10. The Morgan fingerprint density at radius 1 is 0.962 bits per heavy atom. The fourth-order valence-corrected chi connectivity index (χ4v) is 0.504. The second-order valence-electron chi connectivity index (χ2n) is 4.83. The summed E-state index contributed by atoms with van der Waals surface area (Å²) in [6.07, 6.45) is 0. The van der Waals surface area contributed by atoms with Crippen molar-refractivity contribution >= 4 is 5.91 Å². The van der Waals surface area contributed by atoms with Gasteiger partial charge in [0.1, 0.15) is 13.6 Å². The Morgan fingerprint density at radius 2 is 1.23 bits per heavy atom. The molecular formula is C13H38Co2N2O9. The molecular weight excluding hydrogens is 446 g/mol. The molecule has 0 saturated carbocycles. The molecule has 0 unspecified atom stereocenters. The molecule has 0 atom stereocenters. The van der Waals surface area contributed by atoms with Crippen LogP contribution in [-0.4, -0.2) is 82.2 Å². The summed E-state index contributed by atoms with van der Waals surface area (Å²) in [7, 11) is 3.59. The van der Waals surface area contributed by atoms with E-state index in [9.17, 15) is 4.79 Å². The minimum absolute atomic E-state index is 0. The van der Waals surface area contributed by atoms with E-state index in [4.69, 9.17) is 30.6 Å². The van der Waals surface area contributed by atoms with Crippen LogP contribution in [0.3, 0.4) is 0 Å². The van der Waals surface area contributed by atoms with Gasteiger partial charge in [-0.1, -0.05) is 35.6 Å². The zero-order valence-electron chi connectivity index (χ0n) is 14.1. The van der Waals surface area contributed by atoms with Crippen LogP contribution in [-0.2, 0) is 47.8 Å². The Kier molecular flexibility index (Phi) is 47.4. The van der Waals surface area contributed by atoms with Crippen LogP contribution in [0.15, 0.2) is 0 Å². The number of carbonyl (C=O) groups is 1. The van der Waals surface area contributed by atoms with E-state index < -0.39 is 26.5 Å². The summed E-state index contributed by atoms with van der Waals surface area (Å²) in [4.78, 5) is 11.1. The third-order valence-electron chi connectivity index (χ3n) is 1.45. The van der Waals surface area contributed by atoms with Crippen LogP contribution < -0.4 is 5.43 Å². The summed E-state index contributed by atoms with van der Waals surface area (Å²) < 4.78 is 7.42. The van der Waals surface area contributed by atoms with Gasteiger partial charge in [0.05, 0.1) is 0 Å². The van der Waals surface area contributed by atoms with Crippen molar-refractivity contribution in [3.8, 4) is 0 Å². The average Bonchev–Trinajstić information content (AvgIpc) is 2.27. The van der Waals surface area contributed by atoms with E-state index in [0.717, 1.165) is 0 Å². The average molecular weight is 484 g/mol. The van der Waals surface area contributed by atoms with Crippen LogP contribution in [0, 0.1) is 5.41 Å². The molecule has 0 saturated heterocycles.